The Balaban J connectivity index is 0.000000902. The van der Waals surface area contributed by atoms with E-state index in [-0.39, 0.29) is 17.0 Å². The van der Waals surface area contributed by atoms with Crippen LogP contribution in [-0.2, 0) is 0 Å². The lowest BCUT2D eigenvalue weighted by Gasteiger charge is -2.57. The molecule has 3 heteroatoms. The van der Waals surface area contributed by atoms with Crippen LogP contribution in [0.25, 0.3) is 0 Å². The minimum atomic E-state index is 0. The van der Waals surface area contributed by atoms with Crippen LogP contribution in [0.4, 0.5) is 0 Å². The van der Waals surface area contributed by atoms with Gasteiger partial charge in [0.25, 0.3) is 0 Å². The highest BCUT2D eigenvalue weighted by Gasteiger charge is 2.51. The van der Waals surface area contributed by atoms with Crippen molar-refractivity contribution in [3.63, 3.8) is 0 Å². The van der Waals surface area contributed by atoms with Crippen molar-refractivity contribution in [1.29, 1.82) is 0 Å². The fourth-order valence-electron chi connectivity index (χ4n) is 5.21. The number of nitrogens with zero attached hydrogens (tertiary/aromatic N) is 1. The third kappa shape index (κ3) is 2.05. The first-order valence-electron chi connectivity index (χ1n) is 7.13. The molecule has 0 amide bonds. The van der Waals surface area contributed by atoms with E-state index in [1.807, 2.05) is 0 Å². The molecule has 0 saturated heterocycles. The average molecular weight is 298 g/mol. The van der Waals surface area contributed by atoms with Gasteiger partial charge in [0.05, 0.1) is 5.84 Å². The fraction of sp³-hybridized carbons (Fsp3) is 0.929. The molecule has 5 aliphatic rings. The normalized spacial score (nSPS) is 46.6. The molecule has 1 N–H and O–H groups in total. The summed E-state index contributed by atoms with van der Waals surface area (Å²) in [5, 5.41) is 3.87. The van der Waals surface area contributed by atoms with Crippen LogP contribution in [0, 0.1) is 17.8 Å². The Morgan fingerprint density at radius 2 is 1.59 bits per heavy atom. The van der Waals surface area contributed by atoms with Crippen LogP contribution < -0.4 is 22.3 Å². The Hall–Kier alpha value is -0.0500. The summed E-state index contributed by atoms with van der Waals surface area (Å²) in [5.74, 6) is 4.46. The van der Waals surface area contributed by atoms with Gasteiger partial charge in [0.2, 0.25) is 0 Å². The van der Waals surface area contributed by atoms with Crippen molar-refractivity contribution < 1.29 is 17.0 Å². The molecule has 0 aromatic heterocycles. The van der Waals surface area contributed by atoms with Crippen LogP contribution in [0.5, 0.6) is 0 Å². The standard InChI is InChI=1S/C14H22N2.BrH/c1-2-13(15-3-1)16-14-7-10-4-11(8-14)6-12(5-10)9-14;/h10-12H,1-9H2,(H,15,16);1H/p-1. The van der Waals surface area contributed by atoms with Crippen molar-refractivity contribution in [3.8, 4) is 0 Å². The molecule has 0 radical (unpaired) electrons. The first-order valence-corrected chi connectivity index (χ1v) is 7.13. The van der Waals surface area contributed by atoms with Crippen molar-refractivity contribution in [1.82, 2.24) is 5.32 Å². The van der Waals surface area contributed by atoms with Gasteiger partial charge in [-0.1, -0.05) is 0 Å². The van der Waals surface area contributed by atoms with E-state index in [0.717, 1.165) is 24.3 Å². The monoisotopic (exact) mass is 297 g/mol. The van der Waals surface area contributed by atoms with Crippen LogP contribution in [0.15, 0.2) is 4.99 Å². The summed E-state index contributed by atoms with van der Waals surface area (Å²) in [6, 6.07) is 0. The number of rotatable bonds is 1. The minimum Gasteiger partial charge on any atom is -1.00 e. The van der Waals surface area contributed by atoms with Gasteiger partial charge in [-0.3, -0.25) is 4.99 Å². The van der Waals surface area contributed by atoms with E-state index >= 15 is 0 Å². The average Bonchev–Trinajstić information content (AvgIpc) is 2.66. The van der Waals surface area contributed by atoms with E-state index in [2.05, 4.69) is 10.3 Å². The molecule has 17 heavy (non-hydrogen) atoms. The number of amidine groups is 1. The molecule has 0 aromatic rings. The minimum absolute atomic E-state index is 0. The molecule has 4 aliphatic carbocycles. The lowest BCUT2D eigenvalue weighted by Crippen LogP contribution is -3.00. The zero-order valence-electron chi connectivity index (χ0n) is 10.4. The second kappa shape index (κ2) is 4.25. The molecular weight excluding hydrogens is 276 g/mol. The van der Waals surface area contributed by atoms with E-state index < -0.39 is 0 Å². The maximum atomic E-state index is 4.62. The summed E-state index contributed by atoms with van der Waals surface area (Å²) in [6.45, 7) is 1.06. The molecule has 4 fully saturated rings. The van der Waals surface area contributed by atoms with Gasteiger partial charge >= 0.3 is 0 Å². The second-order valence-electron chi connectivity index (χ2n) is 6.75. The summed E-state index contributed by atoms with van der Waals surface area (Å²) in [4.78, 5) is 4.62. The van der Waals surface area contributed by atoms with Crippen molar-refractivity contribution in [2.45, 2.75) is 56.9 Å². The Labute approximate surface area is 114 Å². The van der Waals surface area contributed by atoms with E-state index in [1.54, 1.807) is 0 Å². The smallest absolute Gasteiger partial charge is 0.0968 e. The molecule has 5 rings (SSSR count). The van der Waals surface area contributed by atoms with Gasteiger partial charge < -0.3 is 22.3 Å². The number of halogens is 1. The molecule has 0 aromatic carbocycles. The molecule has 1 heterocycles. The predicted molar refractivity (Wildman–Crippen MR) is 65.6 cm³/mol. The van der Waals surface area contributed by atoms with Gasteiger partial charge in [-0.05, 0) is 62.7 Å². The Morgan fingerprint density at radius 3 is 2.06 bits per heavy atom. The second-order valence-corrected chi connectivity index (χ2v) is 6.75. The van der Waals surface area contributed by atoms with Crippen molar-refractivity contribution in [2.75, 3.05) is 6.54 Å². The summed E-state index contributed by atoms with van der Waals surface area (Å²) in [5.41, 5.74) is 0.484. The third-order valence-corrected chi connectivity index (χ3v) is 5.32. The van der Waals surface area contributed by atoms with Crippen molar-refractivity contribution >= 4 is 5.84 Å². The maximum Gasteiger partial charge on any atom is 0.0968 e. The van der Waals surface area contributed by atoms with Crippen LogP contribution in [0.3, 0.4) is 0 Å². The van der Waals surface area contributed by atoms with Gasteiger partial charge in [0, 0.05) is 18.5 Å². The zero-order chi connectivity index (χ0) is 10.6. The topological polar surface area (TPSA) is 24.4 Å². The number of nitrogens with one attached hydrogen (secondary N) is 1. The maximum absolute atomic E-state index is 4.62. The van der Waals surface area contributed by atoms with Crippen LogP contribution in [-0.4, -0.2) is 17.9 Å². The highest BCUT2D eigenvalue weighted by Crippen LogP contribution is 2.55. The Morgan fingerprint density at radius 1 is 1.00 bits per heavy atom. The van der Waals surface area contributed by atoms with Gasteiger partial charge in [-0.15, -0.1) is 0 Å². The van der Waals surface area contributed by atoms with Crippen molar-refractivity contribution in [3.05, 3.63) is 0 Å². The summed E-state index contributed by atoms with van der Waals surface area (Å²) in [7, 11) is 0. The molecule has 0 atom stereocenters. The largest absolute Gasteiger partial charge is 1.00 e. The first kappa shape index (κ1) is 12.0. The highest BCUT2D eigenvalue weighted by atomic mass is 79.9. The lowest BCUT2D eigenvalue weighted by atomic mass is 9.53. The Bertz CT molecular complexity index is 302. The van der Waals surface area contributed by atoms with Gasteiger partial charge in [-0.2, -0.15) is 0 Å². The number of hydrogen-bond donors (Lipinski definition) is 1. The molecule has 4 saturated carbocycles. The zero-order valence-corrected chi connectivity index (χ0v) is 12.0. The lowest BCUT2D eigenvalue weighted by molar-refractivity contribution is -0.0102. The molecular formula is C14H22BrN2-. The molecule has 4 bridgehead atoms. The quantitative estimate of drug-likeness (QED) is 0.709. The summed E-state index contributed by atoms with van der Waals surface area (Å²) in [6.07, 6.45) is 11.4. The van der Waals surface area contributed by atoms with Crippen LogP contribution in [0.1, 0.15) is 51.4 Å². The molecule has 1 aliphatic heterocycles. The fourth-order valence-corrected chi connectivity index (χ4v) is 5.21. The third-order valence-electron chi connectivity index (χ3n) is 5.32. The van der Waals surface area contributed by atoms with E-state index in [0.29, 0.717) is 5.54 Å². The van der Waals surface area contributed by atoms with Crippen LogP contribution >= 0.6 is 0 Å². The molecule has 2 nitrogen and oxygen atoms in total. The van der Waals surface area contributed by atoms with E-state index in [1.165, 1.54) is 57.2 Å². The van der Waals surface area contributed by atoms with Gasteiger partial charge in [0.15, 0.2) is 0 Å². The Kier molecular flexibility index (Phi) is 3.00. The van der Waals surface area contributed by atoms with E-state index in [9.17, 15) is 0 Å². The highest BCUT2D eigenvalue weighted by molar-refractivity contribution is 5.84. The summed E-state index contributed by atoms with van der Waals surface area (Å²) < 4.78 is 0. The summed E-state index contributed by atoms with van der Waals surface area (Å²) >= 11 is 0. The molecule has 96 valence electrons. The van der Waals surface area contributed by atoms with E-state index in [4.69, 9.17) is 0 Å². The van der Waals surface area contributed by atoms with Crippen molar-refractivity contribution in [2.24, 2.45) is 22.7 Å². The first-order chi connectivity index (χ1) is 7.81. The van der Waals surface area contributed by atoms with Gasteiger partial charge in [0.1, 0.15) is 0 Å². The van der Waals surface area contributed by atoms with Crippen LogP contribution in [0.2, 0.25) is 0 Å². The predicted octanol–water partition coefficient (Wildman–Crippen LogP) is -0.259. The number of hydrogen-bond acceptors (Lipinski definition) is 2. The number of aliphatic imine (C=N–C) groups is 1. The molecule has 0 spiro atoms. The van der Waals surface area contributed by atoms with Gasteiger partial charge in [-0.25, -0.2) is 0 Å². The molecule has 0 unspecified atom stereocenters. The SMILES string of the molecule is C1CN=C(NC23CC4CC(CC(C4)C2)C3)C1.[Br-].